The zero-order valence-electron chi connectivity index (χ0n) is 24.4. The third-order valence-electron chi connectivity index (χ3n) is 5.18. The van der Waals surface area contributed by atoms with E-state index in [4.69, 9.17) is 0 Å². The summed E-state index contributed by atoms with van der Waals surface area (Å²) in [6, 6.07) is 20.9. The van der Waals surface area contributed by atoms with Crippen LogP contribution in [0, 0.1) is 5.41 Å². The Kier molecular flexibility index (Phi) is 20.7. The van der Waals surface area contributed by atoms with Crippen LogP contribution in [0.3, 0.4) is 0 Å². The molecule has 0 radical (unpaired) electrons. The lowest BCUT2D eigenvalue weighted by Gasteiger charge is -2.31. The van der Waals surface area contributed by atoms with Crippen molar-refractivity contribution in [2.75, 3.05) is 0 Å². The van der Waals surface area contributed by atoms with Crippen LogP contribution in [0.25, 0.3) is 10.8 Å². The predicted molar refractivity (Wildman–Crippen MR) is 159 cm³/mol. The molecule has 0 fully saturated rings. The molecule has 0 spiro atoms. The molecule has 0 aromatic heterocycles. The van der Waals surface area contributed by atoms with Crippen LogP contribution in [0.1, 0.15) is 113 Å². The summed E-state index contributed by atoms with van der Waals surface area (Å²) in [5.41, 5.74) is 1.62. The van der Waals surface area contributed by atoms with E-state index in [1.807, 2.05) is 62.4 Å². The highest BCUT2D eigenvalue weighted by atomic mass is 16.3. The predicted octanol–water partition coefficient (Wildman–Crippen LogP) is 11.1. The van der Waals surface area contributed by atoms with Gasteiger partial charge in [0.2, 0.25) is 0 Å². The number of unbranched alkanes of at least 4 members (excludes halogenated alkanes) is 1. The quantitative estimate of drug-likeness (QED) is 0.388. The molecule has 0 saturated carbocycles. The molecule has 198 valence electrons. The van der Waals surface area contributed by atoms with Gasteiger partial charge < -0.3 is 10.2 Å². The van der Waals surface area contributed by atoms with Crippen molar-refractivity contribution in [1.29, 1.82) is 0 Å². The Labute approximate surface area is 217 Å². The first-order chi connectivity index (χ1) is 16.7. The molecule has 0 aliphatic carbocycles. The summed E-state index contributed by atoms with van der Waals surface area (Å²) in [5.74, 6) is 1.27. The second-order valence-electron chi connectivity index (χ2n) is 9.50. The lowest BCUT2D eigenvalue weighted by atomic mass is 9.74. The van der Waals surface area contributed by atoms with Crippen LogP contribution in [0.5, 0.6) is 11.5 Å². The van der Waals surface area contributed by atoms with Gasteiger partial charge in [-0.15, -0.1) is 0 Å². The Balaban J connectivity index is 0. The molecule has 3 aromatic rings. The number of hydrogen-bond donors (Lipinski definition) is 2. The van der Waals surface area contributed by atoms with Crippen LogP contribution in [0.2, 0.25) is 0 Å². The molecule has 3 aromatic carbocycles. The number of phenolic OH excluding ortho intramolecular Hbond substituents is 2. The third kappa shape index (κ3) is 15.2. The van der Waals surface area contributed by atoms with Gasteiger partial charge in [-0.2, -0.15) is 0 Å². The average Bonchev–Trinajstić information content (AvgIpc) is 2.85. The van der Waals surface area contributed by atoms with Crippen molar-refractivity contribution in [2.24, 2.45) is 5.41 Å². The van der Waals surface area contributed by atoms with E-state index in [9.17, 15) is 10.2 Å². The molecule has 3 rings (SSSR count). The van der Waals surface area contributed by atoms with Crippen LogP contribution in [-0.4, -0.2) is 10.2 Å². The molecular weight excluding hydrogens is 428 g/mol. The van der Waals surface area contributed by atoms with Gasteiger partial charge in [0, 0.05) is 5.39 Å². The Hall–Kier alpha value is -2.48. The van der Waals surface area contributed by atoms with E-state index in [0.29, 0.717) is 17.4 Å². The van der Waals surface area contributed by atoms with E-state index in [1.54, 1.807) is 18.2 Å². The number of aromatic hydroxyl groups is 2. The fourth-order valence-corrected chi connectivity index (χ4v) is 3.30. The molecule has 2 N–H and O–H groups in total. The largest absolute Gasteiger partial charge is 0.508 e. The Bertz CT molecular complexity index is 853. The summed E-state index contributed by atoms with van der Waals surface area (Å²) in [6.45, 7) is 21.7. The summed E-state index contributed by atoms with van der Waals surface area (Å²) < 4.78 is 0. The van der Waals surface area contributed by atoms with Gasteiger partial charge in [-0.05, 0) is 46.9 Å². The van der Waals surface area contributed by atoms with E-state index in [-0.39, 0.29) is 5.41 Å². The van der Waals surface area contributed by atoms with Crippen molar-refractivity contribution >= 4 is 10.8 Å². The van der Waals surface area contributed by atoms with Crippen LogP contribution in [-0.2, 0) is 0 Å². The van der Waals surface area contributed by atoms with E-state index in [2.05, 4.69) is 55.4 Å². The molecule has 0 heterocycles. The minimum atomic E-state index is 0.285. The van der Waals surface area contributed by atoms with Crippen LogP contribution < -0.4 is 0 Å². The van der Waals surface area contributed by atoms with Gasteiger partial charge >= 0.3 is 0 Å². The van der Waals surface area contributed by atoms with Crippen molar-refractivity contribution in [3.63, 3.8) is 0 Å². The van der Waals surface area contributed by atoms with E-state index >= 15 is 0 Å². The molecule has 1 atom stereocenters. The maximum atomic E-state index is 9.37. The molecule has 0 amide bonds. The van der Waals surface area contributed by atoms with Crippen molar-refractivity contribution in [1.82, 2.24) is 0 Å². The van der Waals surface area contributed by atoms with Crippen LogP contribution in [0.4, 0.5) is 0 Å². The second kappa shape index (κ2) is 20.9. The van der Waals surface area contributed by atoms with E-state index in [0.717, 1.165) is 10.8 Å². The highest BCUT2D eigenvalue weighted by Crippen LogP contribution is 2.38. The normalized spacial score (nSPS) is 10.7. The van der Waals surface area contributed by atoms with Gasteiger partial charge in [-0.1, -0.05) is 143 Å². The monoisotopic (exact) mass is 482 g/mol. The summed E-state index contributed by atoms with van der Waals surface area (Å²) >= 11 is 0. The highest BCUT2D eigenvalue weighted by Gasteiger charge is 2.25. The number of hydrogen-bond acceptors (Lipinski definition) is 2. The van der Waals surface area contributed by atoms with Gasteiger partial charge in [0.1, 0.15) is 11.5 Å². The summed E-state index contributed by atoms with van der Waals surface area (Å²) in [4.78, 5) is 0. The number of rotatable bonds is 4. The maximum absolute atomic E-state index is 9.37. The molecule has 0 saturated heterocycles. The van der Waals surface area contributed by atoms with Crippen molar-refractivity contribution in [3.05, 3.63) is 72.3 Å². The van der Waals surface area contributed by atoms with E-state index < -0.39 is 0 Å². The summed E-state index contributed by atoms with van der Waals surface area (Å²) in [7, 11) is 0. The highest BCUT2D eigenvalue weighted by molar-refractivity contribution is 5.87. The van der Waals surface area contributed by atoms with Gasteiger partial charge in [0.05, 0.1) is 0 Å². The lowest BCUT2D eigenvalue weighted by molar-refractivity contribution is 0.303. The zero-order valence-corrected chi connectivity index (χ0v) is 24.4. The van der Waals surface area contributed by atoms with Crippen LogP contribution in [0.15, 0.2) is 66.7 Å². The molecule has 0 aliphatic rings. The zero-order chi connectivity index (χ0) is 27.3. The first-order valence-electron chi connectivity index (χ1n) is 13.6. The van der Waals surface area contributed by atoms with Crippen molar-refractivity contribution < 1.29 is 10.2 Å². The minimum Gasteiger partial charge on any atom is -0.508 e. The van der Waals surface area contributed by atoms with Crippen molar-refractivity contribution in [2.45, 2.75) is 107 Å². The SMILES string of the molecule is CC.CCC.CCCC.CCCC(c1ccc(O)cc1)C(C)(C)C.Oc1cccc2ccccc12. The van der Waals surface area contributed by atoms with Gasteiger partial charge in [0.25, 0.3) is 0 Å². The smallest absolute Gasteiger partial charge is 0.123 e. The number of phenols is 2. The number of benzene rings is 3. The van der Waals surface area contributed by atoms with Crippen LogP contribution >= 0.6 is 0 Å². The van der Waals surface area contributed by atoms with Gasteiger partial charge in [0.15, 0.2) is 0 Å². The summed E-state index contributed by atoms with van der Waals surface area (Å²) in [6.07, 6.45) is 6.29. The minimum absolute atomic E-state index is 0.285. The molecule has 2 heteroatoms. The number of fused-ring (bicyclic) bond motifs is 1. The topological polar surface area (TPSA) is 40.5 Å². The van der Waals surface area contributed by atoms with Gasteiger partial charge in [-0.25, -0.2) is 0 Å². The fraction of sp³-hybridized carbons (Fsp3) is 0.515. The third-order valence-corrected chi connectivity index (χ3v) is 5.18. The van der Waals surface area contributed by atoms with Crippen molar-refractivity contribution in [3.8, 4) is 11.5 Å². The Morgan fingerprint density at radius 2 is 1.14 bits per heavy atom. The van der Waals surface area contributed by atoms with Gasteiger partial charge in [-0.3, -0.25) is 0 Å². The standard InChI is InChI=1S/C14H22O.C10H8O.C4H10.C3H8.C2H6/c1-5-6-13(14(2,3)4)11-7-9-12(15)10-8-11;11-10-7-3-5-8-4-1-2-6-9(8)10;1-3-4-2;1-3-2;1-2/h7-10,13,15H,5-6H2,1-4H3;1-7,11H;3-4H2,1-2H3;3H2,1-2H3;1-2H3. The fourth-order valence-electron chi connectivity index (χ4n) is 3.30. The Morgan fingerprint density at radius 1 is 0.657 bits per heavy atom. The molecule has 35 heavy (non-hydrogen) atoms. The lowest BCUT2D eigenvalue weighted by Crippen LogP contribution is -2.18. The first-order valence-corrected chi connectivity index (χ1v) is 13.6. The molecular formula is C33H54O2. The maximum Gasteiger partial charge on any atom is 0.123 e. The average molecular weight is 483 g/mol. The second-order valence-corrected chi connectivity index (χ2v) is 9.50. The Morgan fingerprint density at radius 3 is 1.57 bits per heavy atom. The molecule has 0 bridgehead atoms. The molecule has 0 aliphatic heterocycles. The first kappa shape index (κ1) is 34.7. The van der Waals surface area contributed by atoms with E-state index in [1.165, 1.54) is 37.7 Å². The molecule has 2 nitrogen and oxygen atoms in total. The molecule has 1 unspecified atom stereocenters. The summed E-state index contributed by atoms with van der Waals surface area (Å²) in [5, 5.41) is 20.6.